The Balaban J connectivity index is 2.63. The molecule has 0 spiro atoms. The van der Waals surface area contributed by atoms with E-state index in [1.807, 2.05) is 20.8 Å². The first-order chi connectivity index (χ1) is 8.56. The summed E-state index contributed by atoms with van der Waals surface area (Å²) >= 11 is 0. The zero-order chi connectivity index (χ0) is 13.5. The molecule has 1 rings (SSSR count). The van der Waals surface area contributed by atoms with Crippen molar-refractivity contribution in [1.82, 2.24) is 9.97 Å². The van der Waals surface area contributed by atoms with E-state index in [1.165, 1.54) is 0 Å². The van der Waals surface area contributed by atoms with E-state index in [0.29, 0.717) is 30.7 Å². The summed E-state index contributed by atoms with van der Waals surface area (Å²) in [4.78, 5) is 8.63. The molecule has 102 valence electrons. The standard InChI is InChI=1S/C13H23N3O2/c1-5-6-17-7-8-18-13-10(4)11(14)15-12(16-13)9(2)3/h9H,5-8H2,1-4H3,(H2,14,15,16). The molecule has 0 radical (unpaired) electrons. The molecule has 0 aliphatic rings. The van der Waals surface area contributed by atoms with Crippen LogP contribution in [0.25, 0.3) is 0 Å². The quantitative estimate of drug-likeness (QED) is 0.755. The average Bonchev–Trinajstić information content (AvgIpc) is 2.33. The minimum atomic E-state index is 0.228. The first-order valence-corrected chi connectivity index (χ1v) is 6.40. The summed E-state index contributed by atoms with van der Waals surface area (Å²) in [5.74, 6) is 1.98. The Labute approximate surface area is 109 Å². The van der Waals surface area contributed by atoms with E-state index in [4.69, 9.17) is 15.2 Å². The van der Waals surface area contributed by atoms with Crippen LogP contribution < -0.4 is 10.5 Å². The Kier molecular flexibility index (Phi) is 5.85. The molecule has 0 saturated carbocycles. The number of hydrogen-bond acceptors (Lipinski definition) is 5. The summed E-state index contributed by atoms with van der Waals surface area (Å²) in [6.07, 6.45) is 1.01. The van der Waals surface area contributed by atoms with Gasteiger partial charge in [-0.1, -0.05) is 20.8 Å². The smallest absolute Gasteiger partial charge is 0.221 e. The van der Waals surface area contributed by atoms with Gasteiger partial charge in [-0.2, -0.15) is 4.98 Å². The second kappa shape index (κ2) is 7.16. The fraction of sp³-hybridized carbons (Fsp3) is 0.692. The molecule has 2 N–H and O–H groups in total. The minimum absolute atomic E-state index is 0.228. The van der Waals surface area contributed by atoms with Gasteiger partial charge in [-0.25, -0.2) is 4.98 Å². The topological polar surface area (TPSA) is 70.3 Å². The highest BCUT2D eigenvalue weighted by molar-refractivity contribution is 5.44. The highest BCUT2D eigenvalue weighted by Crippen LogP contribution is 2.22. The van der Waals surface area contributed by atoms with Crippen molar-refractivity contribution in [3.8, 4) is 5.88 Å². The fourth-order valence-corrected chi connectivity index (χ4v) is 1.37. The number of ether oxygens (including phenoxy) is 2. The van der Waals surface area contributed by atoms with Crippen molar-refractivity contribution in [3.63, 3.8) is 0 Å². The summed E-state index contributed by atoms with van der Waals surface area (Å²) in [5, 5.41) is 0. The third-order valence-electron chi connectivity index (χ3n) is 2.49. The Morgan fingerprint density at radius 3 is 2.50 bits per heavy atom. The molecule has 0 aliphatic heterocycles. The molecule has 0 fully saturated rings. The Bertz CT molecular complexity index is 381. The van der Waals surface area contributed by atoms with Crippen LogP contribution in [-0.4, -0.2) is 29.8 Å². The molecular weight excluding hydrogens is 230 g/mol. The molecule has 1 aromatic rings. The van der Waals surface area contributed by atoms with Crippen molar-refractivity contribution in [2.45, 2.75) is 40.0 Å². The van der Waals surface area contributed by atoms with E-state index >= 15 is 0 Å². The lowest BCUT2D eigenvalue weighted by Gasteiger charge is -2.12. The van der Waals surface area contributed by atoms with Gasteiger partial charge in [-0.3, -0.25) is 0 Å². The van der Waals surface area contributed by atoms with E-state index < -0.39 is 0 Å². The summed E-state index contributed by atoms with van der Waals surface area (Å²) in [5.41, 5.74) is 6.64. The Hall–Kier alpha value is -1.36. The summed E-state index contributed by atoms with van der Waals surface area (Å²) in [7, 11) is 0. The van der Waals surface area contributed by atoms with Gasteiger partial charge in [0, 0.05) is 12.5 Å². The molecule has 0 aliphatic carbocycles. The number of nitrogen functional groups attached to an aromatic ring is 1. The van der Waals surface area contributed by atoms with Crippen molar-refractivity contribution in [2.24, 2.45) is 0 Å². The largest absolute Gasteiger partial charge is 0.475 e. The SMILES string of the molecule is CCCOCCOc1nc(C(C)C)nc(N)c1C. The zero-order valence-corrected chi connectivity index (χ0v) is 11.7. The van der Waals surface area contributed by atoms with Crippen LogP contribution in [0.2, 0.25) is 0 Å². The van der Waals surface area contributed by atoms with Gasteiger partial charge in [0.15, 0.2) is 0 Å². The van der Waals surface area contributed by atoms with Crippen molar-refractivity contribution in [2.75, 3.05) is 25.6 Å². The molecule has 0 aromatic carbocycles. The van der Waals surface area contributed by atoms with Crippen LogP contribution in [0.3, 0.4) is 0 Å². The van der Waals surface area contributed by atoms with Gasteiger partial charge in [0.1, 0.15) is 18.2 Å². The van der Waals surface area contributed by atoms with Crippen LogP contribution in [0.15, 0.2) is 0 Å². The molecular formula is C13H23N3O2. The molecule has 5 nitrogen and oxygen atoms in total. The van der Waals surface area contributed by atoms with Crippen molar-refractivity contribution < 1.29 is 9.47 Å². The van der Waals surface area contributed by atoms with Gasteiger partial charge >= 0.3 is 0 Å². The van der Waals surface area contributed by atoms with Gasteiger partial charge < -0.3 is 15.2 Å². The first-order valence-electron chi connectivity index (χ1n) is 6.40. The lowest BCUT2D eigenvalue weighted by atomic mass is 10.2. The number of aromatic nitrogens is 2. The second-order valence-corrected chi connectivity index (χ2v) is 4.51. The van der Waals surface area contributed by atoms with E-state index in [1.54, 1.807) is 0 Å². The van der Waals surface area contributed by atoms with Gasteiger partial charge in [0.05, 0.1) is 12.2 Å². The molecule has 1 aromatic heterocycles. The maximum atomic E-state index is 5.85. The molecule has 18 heavy (non-hydrogen) atoms. The number of anilines is 1. The molecule has 0 bridgehead atoms. The minimum Gasteiger partial charge on any atom is -0.475 e. The van der Waals surface area contributed by atoms with Crippen LogP contribution in [0.4, 0.5) is 5.82 Å². The molecule has 0 atom stereocenters. The molecule has 0 saturated heterocycles. The van der Waals surface area contributed by atoms with Crippen LogP contribution in [-0.2, 0) is 4.74 Å². The normalized spacial score (nSPS) is 10.9. The van der Waals surface area contributed by atoms with Crippen molar-refractivity contribution in [1.29, 1.82) is 0 Å². The molecule has 0 unspecified atom stereocenters. The fourth-order valence-electron chi connectivity index (χ4n) is 1.37. The first kappa shape index (κ1) is 14.7. The monoisotopic (exact) mass is 253 g/mol. The highest BCUT2D eigenvalue weighted by Gasteiger charge is 2.12. The number of nitrogens with zero attached hydrogens (tertiary/aromatic N) is 2. The summed E-state index contributed by atoms with van der Waals surface area (Å²) in [6.45, 7) is 9.79. The number of rotatable bonds is 7. The number of hydrogen-bond donors (Lipinski definition) is 1. The van der Waals surface area contributed by atoms with Crippen molar-refractivity contribution in [3.05, 3.63) is 11.4 Å². The van der Waals surface area contributed by atoms with Crippen LogP contribution in [0, 0.1) is 6.92 Å². The molecule has 0 amide bonds. The maximum absolute atomic E-state index is 5.85. The predicted molar refractivity (Wildman–Crippen MR) is 71.9 cm³/mol. The third kappa shape index (κ3) is 4.14. The zero-order valence-electron chi connectivity index (χ0n) is 11.7. The van der Waals surface area contributed by atoms with Crippen LogP contribution in [0.5, 0.6) is 5.88 Å². The van der Waals surface area contributed by atoms with Gasteiger partial charge in [0.2, 0.25) is 5.88 Å². The van der Waals surface area contributed by atoms with Gasteiger partial charge in [-0.15, -0.1) is 0 Å². The van der Waals surface area contributed by atoms with E-state index in [9.17, 15) is 0 Å². The Morgan fingerprint density at radius 2 is 1.89 bits per heavy atom. The average molecular weight is 253 g/mol. The van der Waals surface area contributed by atoms with Crippen molar-refractivity contribution >= 4 is 5.82 Å². The third-order valence-corrected chi connectivity index (χ3v) is 2.49. The van der Waals surface area contributed by atoms with Crippen LogP contribution >= 0.6 is 0 Å². The number of nitrogens with two attached hydrogens (primary N) is 1. The van der Waals surface area contributed by atoms with Gasteiger partial charge in [0.25, 0.3) is 0 Å². The van der Waals surface area contributed by atoms with Crippen LogP contribution in [0.1, 0.15) is 44.5 Å². The molecule has 1 heterocycles. The Morgan fingerprint density at radius 1 is 1.17 bits per heavy atom. The highest BCUT2D eigenvalue weighted by atomic mass is 16.5. The predicted octanol–water partition coefficient (Wildman–Crippen LogP) is 2.30. The summed E-state index contributed by atoms with van der Waals surface area (Å²) < 4.78 is 11.0. The lowest BCUT2D eigenvalue weighted by Crippen LogP contribution is -2.12. The summed E-state index contributed by atoms with van der Waals surface area (Å²) in [6, 6.07) is 0. The molecule has 5 heteroatoms. The van der Waals surface area contributed by atoms with E-state index in [0.717, 1.165) is 18.6 Å². The van der Waals surface area contributed by atoms with E-state index in [2.05, 4.69) is 16.9 Å². The lowest BCUT2D eigenvalue weighted by molar-refractivity contribution is 0.0986. The maximum Gasteiger partial charge on any atom is 0.221 e. The van der Waals surface area contributed by atoms with E-state index in [-0.39, 0.29) is 5.92 Å². The second-order valence-electron chi connectivity index (χ2n) is 4.51. The van der Waals surface area contributed by atoms with Gasteiger partial charge in [-0.05, 0) is 13.3 Å².